The summed E-state index contributed by atoms with van der Waals surface area (Å²) in [6, 6.07) is 8.78. The molecule has 0 atom stereocenters. The highest BCUT2D eigenvalue weighted by Gasteiger charge is 2.20. The van der Waals surface area contributed by atoms with Gasteiger partial charge in [-0.2, -0.15) is 0 Å². The van der Waals surface area contributed by atoms with Crippen molar-refractivity contribution in [1.29, 1.82) is 0 Å². The predicted octanol–water partition coefficient (Wildman–Crippen LogP) is 2.61. The number of thioether (sulfide) groups is 1. The SMILES string of the molecule is CCOC(=O)CSc1nc2cc3c(cc2c(=O)n1CCCC(=O)NCc1ccc2c(c1)OCO2)OCO3. The fourth-order valence-electron chi connectivity index (χ4n) is 3.96. The summed E-state index contributed by atoms with van der Waals surface area (Å²) in [5.41, 5.74) is 1.05. The minimum atomic E-state index is -0.401. The van der Waals surface area contributed by atoms with Gasteiger partial charge >= 0.3 is 5.97 Å². The molecule has 11 nitrogen and oxygen atoms in total. The van der Waals surface area contributed by atoms with Gasteiger partial charge in [0.1, 0.15) is 0 Å². The van der Waals surface area contributed by atoms with Gasteiger partial charge in [0, 0.05) is 25.6 Å². The van der Waals surface area contributed by atoms with Crippen LogP contribution in [0.4, 0.5) is 0 Å². The van der Waals surface area contributed by atoms with Crippen LogP contribution in [0.25, 0.3) is 10.9 Å². The molecule has 0 spiro atoms. The first kappa shape index (κ1) is 24.8. The van der Waals surface area contributed by atoms with E-state index in [9.17, 15) is 14.4 Å². The Bertz CT molecular complexity index is 1410. The molecule has 37 heavy (non-hydrogen) atoms. The third kappa shape index (κ3) is 5.58. The first-order chi connectivity index (χ1) is 18.0. The Labute approximate surface area is 216 Å². The zero-order valence-corrected chi connectivity index (χ0v) is 20.9. The standard InChI is InChI=1S/C25H25N3O8S/c1-2-32-23(30)12-37-25-27-17-10-21-20(35-14-36-21)9-16(17)24(31)28(25)7-3-4-22(29)26-11-15-5-6-18-19(8-15)34-13-33-18/h5-6,8-10H,2-4,7,11-14H2,1H3,(H,26,29). The van der Waals surface area contributed by atoms with Crippen LogP contribution in [0.1, 0.15) is 25.3 Å². The summed E-state index contributed by atoms with van der Waals surface area (Å²) in [7, 11) is 0. The lowest BCUT2D eigenvalue weighted by molar-refractivity contribution is -0.139. The molecule has 1 N–H and O–H groups in total. The largest absolute Gasteiger partial charge is 0.465 e. The van der Waals surface area contributed by atoms with Gasteiger partial charge in [0.15, 0.2) is 28.2 Å². The zero-order valence-electron chi connectivity index (χ0n) is 20.1. The van der Waals surface area contributed by atoms with E-state index in [1.165, 1.54) is 4.57 Å². The molecule has 2 aliphatic heterocycles. The molecule has 0 radical (unpaired) electrons. The van der Waals surface area contributed by atoms with Crippen molar-refractivity contribution in [3.8, 4) is 23.0 Å². The third-order valence-corrected chi connectivity index (χ3v) is 6.70. The molecule has 0 saturated heterocycles. The number of ether oxygens (including phenoxy) is 5. The van der Waals surface area contributed by atoms with Gasteiger partial charge in [-0.25, -0.2) is 4.98 Å². The van der Waals surface area contributed by atoms with E-state index in [4.69, 9.17) is 23.7 Å². The number of carbonyl (C=O) groups excluding carboxylic acids is 2. The van der Waals surface area contributed by atoms with Crippen molar-refractivity contribution in [3.63, 3.8) is 0 Å². The van der Waals surface area contributed by atoms with Gasteiger partial charge in [-0.15, -0.1) is 0 Å². The molecule has 3 heterocycles. The van der Waals surface area contributed by atoms with Gasteiger partial charge in [0.2, 0.25) is 19.5 Å². The summed E-state index contributed by atoms with van der Waals surface area (Å²) in [5.74, 6) is 1.79. The van der Waals surface area contributed by atoms with E-state index in [-0.39, 0.29) is 50.4 Å². The van der Waals surface area contributed by atoms with Crippen LogP contribution in [0.5, 0.6) is 23.0 Å². The molecule has 0 aliphatic carbocycles. The second-order valence-electron chi connectivity index (χ2n) is 8.24. The van der Waals surface area contributed by atoms with Gasteiger partial charge in [-0.1, -0.05) is 17.8 Å². The molecule has 0 saturated carbocycles. The van der Waals surface area contributed by atoms with Gasteiger partial charge in [-0.3, -0.25) is 19.0 Å². The van der Waals surface area contributed by atoms with Crippen molar-refractivity contribution in [2.24, 2.45) is 0 Å². The Morgan fingerprint density at radius 1 is 1.05 bits per heavy atom. The number of fused-ring (bicyclic) bond motifs is 3. The number of nitrogens with zero attached hydrogens (tertiary/aromatic N) is 2. The van der Waals surface area contributed by atoms with Crippen LogP contribution in [0, 0.1) is 0 Å². The molecule has 0 fully saturated rings. The molecule has 1 amide bonds. The predicted molar refractivity (Wildman–Crippen MR) is 133 cm³/mol. The molecular weight excluding hydrogens is 502 g/mol. The Morgan fingerprint density at radius 3 is 2.57 bits per heavy atom. The minimum Gasteiger partial charge on any atom is -0.465 e. The van der Waals surface area contributed by atoms with E-state index in [0.717, 1.165) is 17.3 Å². The molecule has 1 aromatic heterocycles. The summed E-state index contributed by atoms with van der Waals surface area (Å²) in [6.07, 6.45) is 0.607. The summed E-state index contributed by atoms with van der Waals surface area (Å²) in [4.78, 5) is 42.4. The first-order valence-electron chi connectivity index (χ1n) is 11.8. The van der Waals surface area contributed by atoms with Gasteiger partial charge in [0.25, 0.3) is 5.56 Å². The highest BCUT2D eigenvalue weighted by Crippen LogP contribution is 2.35. The normalized spacial score (nSPS) is 13.1. The van der Waals surface area contributed by atoms with E-state index >= 15 is 0 Å². The number of esters is 1. The molecule has 2 aromatic carbocycles. The van der Waals surface area contributed by atoms with Crippen LogP contribution in [-0.2, 0) is 27.4 Å². The number of aromatic nitrogens is 2. The number of hydrogen-bond acceptors (Lipinski definition) is 10. The molecule has 12 heteroatoms. The lowest BCUT2D eigenvalue weighted by Crippen LogP contribution is -2.26. The van der Waals surface area contributed by atoms with Gasteiger partial charge < -0.3 is 29.0 Å². The van der Waals surface area contributed by atoms with Crippen LogP contribution in [0.15, 0.2) is 40.3 Å². The number of hydrogen-bond donors (Lipinski definition) is 1. The molecule has 194 valence electrons. The maximum atomic E-state index is 13.4. The number of carbonyl (C=O) groups is 2. The van der Waals surface area contributed by atoms with Crippen molar-refractivity contribution in [2.75, 3.05) is 25.9 Å². The van der Waals surface area contributed by atoms with Crippen LogP contribution in [0.2, 0.25) is 0 Å². The first-order valence-corrected chi connectivity index (χ1v) is 12.8. The Kier molecular flexibility index (Phi) is 7.35. The monoisotopic (exact) mass is 527 g/mol. The number of amides is 1. The number of rotatable bonds is 10. The van der Waals surface area contributed by atoms with Crippen LogP contribution in [0.3, 0.4) is 0 Å². The fourth-order valence-corrected chi connectivity index (χ4v) is 4.79. The zero-order chi connectivity index (χ0) is 25.8. The summed E-state index contributed by atoms with van der Waals surface area (Å²) in [6.45, 7) is 2.86. The molecule has 5 rings (SSSR count). The summed E-state index contributed by atoms with van der Waals surface area (Å²) < 4.78 is 28.0. The second kappa shape index (κ2) is 11.0. The maximum absolute atomic E-state index is 13.4. The van der Waals surface area contributed by atoms with E-state index in [1.807, 2.05) is 18.2 Å². The Balaban J connectivity index is 1.26. The van der Waals surface area contributed by atoms with E-state index < -0.39 is 5.97 Å². The molecular formula is C25H25N3O8S. The van der Waals surface area contributed by atoms with E-state index in [0.29, 0.717) is 52.0 Å². The third-order valence-electron chi connectivity index (χ3n) is 5.75. The molecule has 0 bridgehead atoms. The lowest BCUT2D eigenvalue weighted by Gasteiger charge is -2.13. The quantitative estimate of drug-likeness (QED) is 0.239. The fraction of sp³-hybridized carbons (Fsp3) is 0.360. The average Bonchev–Trinajstić information content (AvgIpc) is 3.55. The Morgan fingerprint density at radius 2 is 1.78 bits per heavy atom. The average molecular weight is 528 g/mol. The van der Waals surface area contributed by atoms with Crippen LogP contribution < -0.4 is 29.8 Å². The summed E-state index contributed by atoms with van der Waals surface area (Å²) >= 11 is 1.12. The van der Waals surface area contributed by atoms with Crippen molar-refractivity contribution >= 4 is 34.5 Å². The molecule has 0 unspecified atom stereocenters. The topological polar surface area (TPSA) is 127 Å². The van der Waals surface area contributed by atoms with Gasteiger partial charge in [-0.05, 0) is 37.1 Å². The number of benzene rings is 2. The van der Waals surface area contributed by atoms with Crippen molar-refractivity contribution in [1.82, 2.24) is 14.9 Å². The maximum Gasteiger partial charge on any atom is 0.316 e. The molecule has 2 aliphatic rings. The Hall–Kier alpha value is -3.93. The van der Waals surface area contributed by atoms with Crippen LogP contribution >= 0.6 is 11.8 Å². The van der Waals surface area contributed by atoms with Crippen LogP contribution in [-0.4, -0.2) is 47.4 Å². The highest BCUT2D eigenvalue weighted by molar-refractivity contribution is 7.99. The highest BCUT2D eigenvalue weighted by atomic mass is 32.2. The summed E-state index contributed by atoms with van der Waals surface area (Å²) in [5, 5.41) is 3.62. The van der Waals surface area contributed by atoms with Gasteiger partial charge in [0.05, 0.1) is 23.3 Å². The van der Waals surface area contributed by atoms with Crippen molar-refractivity contribution in [3.05, 3.63) is 46.2 Å². The minimum absolute atomic E-state index is 0.00631. The van der Waals surface area contributed by atoms with Crippen molar-refractivity contribution < 1.29 is 33.3 Å². The second-order valence-corrected chi connectivity index (χ2v) is 9.18. The molecule has 3 aromatic rings. The van der Waals surface area contributed by atoms with Crippen molar-refractivity contribution in [2.45, 2.75) is 38.0 Å². The smallest absolute Gasteiger partial charge is 0.316 e. The van der Waals surface area contributed by atoms with E-state index in [1.54, 1.807) is 19.1 Å². The van der Waals surface area contributed by atoms with E-state index in [2.05, 4.69) is 10.3 Å². The number of nitrogens with one attached hydrogen (secondary N) is 1. The lowest BCUT2D eigenvalue weighted by atomic mass is 10.2.